The van der Waals surface area contributed by atoms with Gasteiger partial charge < -0.3 is 10.4 Å². The highest BCUT2D eigenvalue weighted by Crippen LogP contribution is 2.29. The van der Waals surface area contributed by atoms with Crippen LogP contribution in [0.1, 0.15) is 49.0 Å². The standard InChI is InChI=1S/C16H24FNO2/c1-4-16(5-2,8-9-19)11-18-15(20)14-10-13(17)7-6-12(14)3/h6-7,10,19H,4-5,8-9,11H2,1-3H3,(H,18,20). The number of aliphatic hydroxyl groups is 1. The van der Waals surface area contributed by atoms with Gasteiger partial charge in [0.05, 0.1) is 0 Å². The molecule has 0 aromatic heterocycles. The Kier molecular flexibility index (Phi) is 6.14. The average Bonchev–Trinajstić information content (AvgIpc) is 2.46. The molecular weight excluding hydrogens is 257 g/mol. The van der Waals surface area contributed by atoms with E-state index in [0.717, 1.165) is 18.4 Å². The van der Waals surface area contributed by atoms with Gasteiger partial charge in [-0.2, -0.15) is 0 Å². The maximum Gasteiger partial charge on any atom is 0.251 e. The van der Waals surface area contributed by atoms with Crippen molar-refractivity contribution >= 4 is 5.91 Å². The molecule has 1 amide bonds. The van der Waals surface area contributed by atoms with E-state index in [1.807, 2.05) is 0 Å². The number of hydrogen-bond acceptors (Lipinski definition) is 2. The van der Waals surface area contributed by atoms with E-state index >= 15 is 0 Å². The second-order valence-corrected chi connectivity index (χ2v) is 5.32. The molecule has 2 N–H and O–H groups in total. The summed E-state index contributed by atoms with van der Waals surface area (Å²) in [6, 6.07) is 4.21. The monoisotopic (exact) mass is 281 g/mol. The summed E-state index contributed by atoms with van der Waals surface area (Å²) in [6.07, 6.45) is 2.42. The molecule has 0 bridgehead atoms. The number of aryl methyl sites for hydroxylation is 1. The molecular formula is C16H24FNO2. The van der Waals surface area contributed by atoms with Crippen molar-refractivity contribution in [3.05, 3.63) is 35.1 Å². The zero-order valence-electron chi connectivity index (χ0n) is 12.5. The van der Waals surface area contributed by atoms with Crippen molar-refractivity contribution in [1.82, 2.24) is 5.32 Å². The number of hydrogen-bond donors (Lipinski definition) is 2. The summed E-state index contributed by atoms with van der Waals surface area (Å²) in [5, 5.41) is 12.0. The number of aliphatic hydroxyl groups excluding tert-OH is 1. The van der Waals surface area contributed by atoms with Crippen LogP contribution in [0, 0.1) is 18.2 Å². The highest BCUT2D eigenvalue weighted by molar-refractivity contribution is 5.95. The lowest BCUT2D eigenvalue weighted by atomic mass is 9.79. The molecule has 1 aromatic rings. The number of carbonyl (C=O) groups is 1. The Morgan fingerprint density at radius 1 is 1.35 bits per heavy atom. The molecule has 0 spiro atoms. The van der Waals surface area contributed by atoms with Crippen LogP contribution in [0.25, 0.3) is 0 Å². The van der Waals surface area contributed by atoms with Gasteiger partial charge in [-0.05, 0) is 49.3 Å². The second-order valence-electron chi connectivity index (χ2n) is 5.32. The van der Waals surface area contributed by atoms with Crippen molar-refractivity contribution < 1.29 is 14.3 Å². The Bertz CT molecular complexity index is 456. The van der Waals surface area contributed by atoms with E-state index in [9.17, 15) is 9.18 Å². The van der Waals surface area contributed by atoms with Crippen LogP contribution >= 0.6 is 0 Å². The van der Waals surface area contributed by atoms with Gasteiger partial charge in [-0.25, -0.2) is 4.39 Å². The van der Waals surface area contributed by atoms with Gasteiger partial charge in [0.1, 0.15) is 5.82 Å². The SMILES string of the molecule is CCC(CC)(CCO)CNC(=O)c1cc(F)ccc1C. The van der Waals surface area contributed by atoms with Gasteiger partial charge in [-0.15, -0.1) is 0 Å². The van der Waals surface area contributed by atoms with Crippen molar-refractivity contribution in [3.8, 4) is 0 Å². The number of benzene rings is 1. The quantitative estimate of drug-likeness (QED) is 0.807. The molecule has 1 rings (SSSR count). The lowest BCUT2D eigenvalue weighted by Gasteiger charge is -2.31. The van der Waals surface area contributed by atoms with Crippen molar-refractivity contribution in [1.29, 1.82) is 0 Å². The minimum atomic E-state index is -0.409. The molecule has 0 saturated heterocycles. The summed E-state index contributed by atoms with van der Waals surface area (Å²) in [5.41, 5.74) is 1.03. The van der Waals surface area contributed by atoms with Crippen molar-refractivity contribution in [2.75, 3.05) is 13.2 Å². The lowest BCUT2D eigenvalue weighted by molar-refractivity contribution is 0.0906. The molecule has 1 aromatic carbocycles. The Hall–Kier alpha value is -1.42. The van der Waals surface area contributed by atoms with Crippen LogP contribution in [0.4, 0.5) is 4.39 Å². The third-order valence-corrected chi connectivity index (χ3v) is 4.21. The summed E-state index contributed by atoms with van der Waals surface area (Å²) < 4.78 is 13.2. The van der Waals surface area contributed by atoms with Gasteiger partial charge in [-0.1, -0.05) is 19.9 Å². The molecule has 0 atom stereocenters. The summed E-state index contributed by atoms with van der Waals surface area (Å²) in [5.74, 6) is -0.667. The fraction of sp³-hybridized carbons (Fsp3) is 0.562. The van der Waals surface area contributed by atoms with Crippen LogP contribution < -0.4 is 5.32 Å². The minimum absolute atomic E-state index is 0.0916. The number of halogens is 1. The Balaban J connectivity index is 2.77. The minimum Gasteiger partial charge on any atom is -0.396 e. The first-order chi connectivity index (χ1) is 9.48. The third kappa shape index (κ3) is 4.04. The molecule has 4 heteroatoms. The maximum absolute atomic E-state index is 13.2. The summed E-state index contributed by atoms with van der Waals surface area (Å²) in [6.45, 7) is 6.50. The first kappa shape index (κ1) is 16.6. The Morgan fingerprint density at radius 3 is 2.55 bits per heavy atom. The van der Waals surface area contributed by atoms with Crippen LogP contribution in [0.5, 0.6) is 0 Å². The number of carbonyl (C=O) groups excluding carboxylic acids is 1. The summed E-state index contributed by atoms with van der Waals surface area (Å²) >= 11 is 0. The van der Waals surface area contributed by atoms with Crippen LogP contribution in [-0.2, 0) is 0 Å². The third-order valence-electron chi connectivity index (χ3n) is 4.21. The number of amides is 1. The van der Waals surface area contributed by atoms with E-state index in [0.29, 0.717) is 18.5 Å². The Labute approximate surface area is 120 Å². The van der Waals surface area contributed by atoms with Gasteiger partial charge in [0.2, 0.25) is 0 Å². The van der Waals surface area contributed by atoms with Crippen LogP contribution in [0.3, 0.4) is 0 Å². The van der Waals surface area contributed by atoms with E-state index in [-0.39, 0.29) is 17.9 Å². The van der Waals surface area contributed by atoms with E-state index in [4.69, 9.17) is 5.11 Å². The molecule has 0 aliphatic carbocycles. The topological polar surface area (TPSA) is 49.3 Å². The van der Waals surface area contributed by atoms with Gasteiger partial charge in [0.15, 0.2) is 0 Å². The van der Waals surface area contributed by atoms with Crippen LogP contribution in [-0.4, -0.2) is 24.2 Å². The van der Waals surface area contributed by atoms with Crippen molar-refractivity contribution in [2.45, 2.75) is 40.0 Å². The summed E-state index contributed by atoms with van der Waals surface area (Å²) in [4.78, 5) is 12.2. The molecule has 112 valence electrons. The first-order valence-electron chi connectivity index (χ1n) is 7.13. The molecule has 20 heavy (non-hydrogen) atoms. The lowest BCUT2D eigenvalue weighted by Crippen LogP contribution is -2.38. The molecule has 0 aliphatic heterocycles. The first-order valence-corrected chi connectivity index (χ1v) is 7.13. The van der Waals surface area contributed by atoms with Crippen molar-refractivity contribution in [3.63, 3.8) is 0 Å². The predicted molar refractivity (Wildman–Crippen MR) is 78.2 cm³/mol. The largest absolute Gasteiger partial charge is 0.396 e. The van der Waals surface area contributed by atoms with E-state index in [1.54, 1.807) is 13.0 Å². The second kappa shape index (κ2) is 7.39. The van der Waals surface area contributed by atoms with E-state index < -0.39 is 5.82 Å². The van der Waals surface area contributed by atoms with Crippen LogP contribution in [0.15, 0.2) is 18.2 Å². The smallest absolute Gasteiger partial charge is 0.251 e. The zero-order chi connectivity index (χ0) is 15.2. The molecule has 0 heterocycles. The maximum atomic E-state index is 13.2. The molecule has 3 nitrogen and oxygen atoms in total. The normalized spacial score (nSPS) is 11.4. The zero-order valence-corrected chi connectivity index (χ0v) is 12.5. The number of nitrogens with one attached hydrogen (secondary N) is 1. The number of rotatable bonds is 7. The highest BCUT2D eigenvalue weighted by atomic mass is 19.1. The predicted octanol–water partition coefficient (Wildman–Crippen LogP) is 3.05. The van der Waals surface area contributed by atoms with Gasteiger partial charge in [0, 0.05) is 18.7 Å². The molecule has 0 unspecified atom stereocenters. The van der Waals surface area contributed by atoms with Crippen LogP contribution in [0.2, 0.25) is 0 Å². The highest BCUT2D eigenvalue weighted by Gasteiger charge is 2.26. The van der Waals surface area contributed by atoms with E-state index in [2.05, 4.69) is 19.2 Å². The molecule has 0 fully saturated rings. The Morgan fingerprint density at radius 2 is 2.00 bits per heavy atom. The molecule has 0 aliphatic rings. The van der Waals surface area contributed by atoms with E-state index in [1.165, 1.54) is 12.1 Å². The molecule has 0 radical (unpaired) electrons. The summed E-state index contributed by atoms with van der Waals surface area (Å²) in [7, 11) is 0. The fourth-order valence-electron chi connectivity index (χ4n) is 2.38. The average molecular weight is 281 g/mol. The van der Waals surface area contributed by atoms with Gasteiger partial charge >= 0.3 is 0 Å². The van der Waals surface area contributed by atoms with Crippen molar-refractivity contribution in [2.24, 2.45) is 5.41 Å². The van der Waals surface area contributed by atoms with Gasteiger partial charge in [-0.3, -0.25) is 4.79 Å². The molecule has 0 saturated carbocycles. The van der Waals surface area contributed by atoms with Gasteiger partial charge in [0.25, 0.3) is 5.91 Å². The fourth-order valence-corrected chi connectivity index (χ4v) is 2.38.